The highest BCUT2D eigenvalue weighted by Crippen LogP contribution is 2.42. The maximum absolute atomic E-state index is 14.9. The van der Waals surface area contributed by atoms with E-state index in [0.717, 1.165) is 68.2 Å². The highest BCUT2D eigenvalue weighted by molar-refractivity contribution is 6.39. The molecule has 1 aliphatic carbocycles. The Morgan fingerprint density at radius 2 is 1.41 bits per heavy atom. The van der Waals surface area contributed by atoms with Crippen molar-refractivity contribution in [2.24, 2.45) is 35.5 Å². The number of cyclic esters (lactones) is 1. The van der Waals surface area contributed by atoms with Crippen molar-refractivity contribution < 1.29 is 109 Å². The fourth-order valence-corrected chi connectivity index (χ4v) is 17.4. The van der Waals surface area contributed by atoms with Crippen LogP contribution >= 0.6 is 0 Å². The summed E-state index contributed by atoms with van der Waals surface area (Å²) in [4.78, 5) is 99.4. The Labute approximate surface area is 763 Å². The van der Waals surface area contributed by atoms with Crippen LogP contribution in [-0.4, -0.2) is 271 Å². The molecule has 1 amide bonds. The van der Waals surface area contributed by atoms with Crippen LogP contribution in [0.3, 0.4) is 0 Å². The molecule has 10 rings (SSSR count). The summed E-state index contributed by atoms with van der Waals surface area (Å²) >= 11 is 0. The first kappa shape index (κ1) is 103. The number of aliphatic hydroxyl groups excluding tert-OH is 1. The number of Topliss-reactive ketones (excluding diaryl/α,β-unsaturated/α-hetero) is 4. The number of aryl methyl sites for hydroxylation is 2. The Balaban J connectivity index is 0.550. The number of nitrogens with zero attached hydrogens (tertiary/aromatic N) is 9. The number of nitrogens with two attached hydrogens (primary N) is 2. The first-order valence-corrected chi connectivity index (χ1v) is 46.7. The van der Waals surface area contributed by atoms with Crippen molar-refractivity contribution in [1.29, 1.82) is 0 Å². The van der Waals surface area contributed by atoms with Crippen LogP contribution in [0.2, 0.25) is 0 Å². The summed E-state index contributed by atoms with van der Waals surface area (Å²) in [6.07, 6.45) is 22.9. The van der Waals surface area contributed by atoms with Gasteiger partial charge in [0, 0.05) is 88.6 Å². The number of aromatic nitrogens is 8. The molecule has 34 nitrogen and oxygen atoms in total. The van der Waals surface area contributed by atoms with Crippen molar-refractivity contribution in [3.05, 3.63) is 108 Å². The standard InChI is InChI=1S/C96H141N11O23/c1-64-21-12-10-13-22-65(2)76(80-26-20-38-126-80)60-75-30-27-70(7)96(115,130-75)90(112)93(113)106-34-18-15-25-78(106)94(114)128-83(61-79(109)66(3)56-69(6)88(111)89(117-9)87(110)68(5)55-64)67(4)57-71-28-31-82(84(58-71)116-8)127-37-19-16-23-73-62-105(104-102-73)36-40-119-42-44-121-46-48-123-50-52-125-54-53-124-51-49-122-47-45-120-43-41-118-39-33-74(108)24-14-11-17-35-107-92-85(91(97)99-63-100-92)86(103-107)72-29-32-81-77(59-72)101-95(98)129-81/h10,12-13,20-22,26,29,32,38,56,59,62-64,66-68,70-71,75-76,78,82-84,88-89,111,115H,11,14-19,23-25,27-28,30-31,33-37,39-55,57-58,60-61H2,1-9H3,(H2,98,101)(H2,97,99,100)/b13-10+,21-12+,65-22+,69-56+/t64-,66-,67-,68-,70-,71+,75+,76+,78+,82-,83+,84-,88-,89+,96-/m1/s1. The molecule has 34 heteroatoms. The number of rotatable bonds is 46. The number of hydrogen-bond acceptors (Lipinski definition) is 31. The summed E-state index contributed by atoms with van der Waals surface area (Å²) in [5, 5.41) is 38.2. The minimum Gasteiger partial charge on any atom is -0.469 e. The predicted molar refractivity (Wildman–Crippen MR) is 484 cm³/mol. The van der Waals surface area contributed by atoms with Crippen LogP contribution in [0.4, 0.5) is 11.8 Å². The summed E-state index contributed by atoms with van der Waals surface area (Å²) in [6, 6.07) is 8.10. The molecule has 0 spiro atoms. The molecule has 2 bridgehead atoms. The van der Waals surface area contributed by atoms with Gasteiger partial charge >= 0.3 is 5.97 Å². The monoisotopic (exact) mass is 1820 g/mol. The number of piperidine rings is 1. The number of carbonyl (C=O) groups excluding carboxylic acids is 6. The maximum atomic E-state index is 14.9. The van der Waals surface area contributed by atoms with Crippen molar-refractivity contribution in [2.75, 3.05) is 145 Å². The number of ether oxygens (including phenoxy) is 13. The van der Waals surface area contributed by atoms with Gasteiger partial charge in [0.15, 0.2) is 17.0 Å². The van der Waals surface area contributed by atoms with Crippen LogP contribution in [0.25, 0.3) is 33.4 Å². The number of hydrogen-bond donors (Lipinski definition) is 4. The van der Waals surface area contributed by atoms with Gasteiger partial charge in [0.2, 0.25) is 5.79 Å². The predicted octanol–water partition coefficient (Wildman–Crippen LogP) is 11.6. The van der Waals surface area contributed by atoms with Crippen molar-refractivity contribution in [3.8, 4) is 11.3 Å². The van der Waals surface area contributed by atoms with Crippen LogP contribution in [0.1, 0.15) is 188 Å². The molecular weight excluding hydrogens is 1680 g/mol. The molecule has 1 aromatic carbocycles. The lowest BCUT2D eigenvalue weighted by Gasteiger charge is -2.42. The fraction of sp³-hybridized carbons (Fsp3) is 0.667. The molecule has 0 radical (unpaired) electrons. The van der Waals surface area contributed by atoms with Crippen LogP contribution in [0.5, 0.6) is 0 Å². The number of benzene rings is 1. The van der Waals surface area contributed by atoms with Crippen LogP contribution in [0, 0.1) is 35.5 Å². The zero-order chi connectivity index (χ0) is 92.7. The first-order chi connectivity index (χ1) is 62.9. The van der Waals surface area contributed by atoms with E-state index < -0.39 is 71.7 Å². The second-order valence-corrected chi connectivity index (χ2v) is 35.0. The van der Waals surface area contributed by atoms with E-state index in [1.165, 1.54) is 18.3 Å². The first-order valence-electron chi connectivity index (χ1n) is 46.7. The largest absolute Gasteiger partial charge is 0.469 e. The molecule has 130 heavy (non-hydrogen) atoms. The molecule has 6 aromatic rings. The lowest BCUT2D eigenvalue weighted by Crippen LogP contribution is -2.60. The van der Waals surface area contributed by atoms with E-state index in [2.05, 4.69) is 25.3 Å². The molecule has 3 aliphatic heterocycles. The van der Waals surface area contributed by atoms with E-state index >= 15 is 0 Å². The number of anilines is 2. The number of aliphatic hydroxyl groups is 2. The van der Waals surface area contributed by atoms with E-state index in [1.54, 1.807) is 57.0 Å². The van der Waals surface area contributed by atoms with Gasteiger partial charge in [0.1, 0.15) is 65.0 Å². The smallest absolute Gasteiger partial charge is 0.329 e. The van der Waals surface area contributed by atoms with Crippen molar-refractivity contribution in [2.45, 2.75) is 244 Å². The van der Waals surface area contributed by atoms with Gasteiger partial charge in [0.25, 0.3) is 17.7 Å². The third-order valence-corrected chi connectivity index (χ3v) is 25.0. The van der Waals surface area contributed by atoms with Gasteiger partial charge in [-0.1, -0.05) is 88.3 Å². The molecule has 8 heterocycles. The fourth-order valence-electron chi connectivity index (χ4n) is 17.4. The number of carbonyl (C=O) groups is 6. The molecule has 3 fully saturated rings. The SMILES string of the molecule is CO[C@@H]1C[C@H](C[C@@H](C)[C@@H]2CC(=O)[C@H](C)/C=C(\C)[C@@H](O)[C@@H](OC)C(=O)[C@H](C)C[C@H](C)/C=C/C=C/C=C(\C)[C@@H](c3ccco3)C[C@@H]3CC[C@@H](C)[C@@](O)(O3)C(=O)C(=O)N3CCCC[C@H]3C(=O)O2)CC[C@H]1OCCCCc1cn(CCOCCOCCOCCOCCOCCOCCOCCOCCC(=O)CCCCCn2nc(-c3ccc4oc(N)nc4c3)c3c(N)ncnc32)nn1. The number of furan rings is 1. The van der Waals surface area contributed by atoms with Crippen LogP contribution in [0.15, 0.2) is 106 Å². The number of methoxy groups -OCH3 is 2. The third kappa shape index (κ3) is 31.7. The lowest BCUT2D eigenvalue weighted by molar-refractivity contribution is -0.264. The topological polar surface area (TPSA) is 432 Å². The number of nitrogen functional groups attached to an aromatic ring is 2. The quantitative estimate of drug-likeness (QED) is 0.0119. The number of esters is 1. The van der Waals surface area contributed by atoms with E-state index in [9.17, 15) is 39.0 Å². The van der Waals surface area contributed by atoms with Gasteiger partial charge in [0.05, 0.1) is 148 Å². The highest BCUT2D eigenvalue weighted by Gasteiger charge is 2.53. The van der Waals surface area contributed by atoms with E-state index in [4.69, 9.17) is 87.0 Å². The highest BCUT2D eigenvalue weighted by atomic mass is 16.6. The Kier molecular flexibility index (Phi) is 43.3. The Morgan fingerprint density at radius 1 is 0.708 bits per heavy atom. The summed E-state index contributed by atoms with van der Waals surface area (Å²) in [6.45, 7) is 21.3. The molecule has 0 unspecified atom stereocenters. The van der Waals surface area contributed by atoms with Gasteiger partial charge in [-0.05, 0) is 170 Å². The molecule has 1 saturated carbocycles. The molecule has 2 saturated heterocycles. The van der Waals surface area contributed by atoms with Crippen molar-refractivity contribution >= 4 is 69.0 Å². The molecule has 718 valence electrons. The average molecular weight is 1820 g/mol. The second kappa shape index (κ2) is 54.5. The Morgan fingerprint density at radius 3 is 2.09 bits per heavy atom. The van der Waals surface area contributed by atoms with Crippen molar-refractivity contribution in [1.82, 2.24) is 44.6 Å². The van der Waals surface area contributed by atoms with Crippen LogP contribution < -0.4 is 11.5 Å². The number of fused-ring (bicyclic) bond motifs is 5. The van der Waals surface area contributed by atoms with Gasteiger partial charge in [-0.2, -0.15) is 10.1 Å². The van der Waals surface area contributed by atoms with Crippen LogP contribution in [-0.2, 0) is 110 Å². The zero-order valence-corrected chi connectivity index (χ0v) is 77.6. The number of amides is 1. The Bertz CT molecular complexity index is 4580. The van der Waals surface area contributed by atoms with Gasteiger partial charge in [-0.25, -0.2) is 24.1 Å². The minimum absolute atomic E-state index is 0.0148. The normalized spacial score (nSPS) is 26.2. The zero-order valence-electron chi connectivity index (χ0n) is 77.6. The van der Waals surface area contributed by atoms with Gasteiger partial charge in [-0.15, -0.1) is 5.10 Å². The molecule has 6 N–H and O–H groups in total. The molecule has 15 atom stereocenters. The van der Waals surface area contributed by atoms with E-state index in [-0.39, 0.29) is 78.6 Å². The third-order valence-electron chi connectivity index (χ3n) is 25.0. The Hall–Kier alpha value is -8.72. The molecular formula is C96H141N11O23. The number of unbranched alkanes of at least 4 members (excludes halogenated alkanes) is 3. The second-order valence-electron chi connectivity index (χ2n) is 35.0. The summed E-state index contributed by atoms with van der Waals surface area (Å²) < 4.78 is 91.2. The molecule has 5 aromatic heterocycles. The number of ketones is 4. The van der Waals surface area contributed by atoms with E-state index in [0.29, 0.717) is 235 Å². The lowest BCUT2D eigenvalue weighted by atomic mass is 9.78. The summed E-state index contributed by atoms with van der Waals surface area (Å²) in [5.41, 5.74) is 17.5. The van der Waals surface area contributed by atoms with Gasteiger partial charge < -0.3 is 97.0 Å². The van der Waals surface area contributed by atoms with E-state index in [1.807, 2.05) is 87.2 Å². The molecule has 4 aliphatic rings. The summed E-state index contributed by atoms with van der Waals surface area (Å²) in [7, 11) is 3.07. The number of allylic oxidation sites excluding steroid dienone is 7. The summed E-state index contributed by atoms with van der Waals surface area (Å²) in [5.74, 6) is -7.38. The average Bonchev–Trinajstić information content (AvgIpc) is 1.75. The maximum Gasteiger partial charge on any atom is 0.329 e. The number of oxazole rings is 1. The van der Waals surface area contributed by atoms with Gasteiger partial charge in [-0.3, -0.25) is 24.0 Å². The van der Waals surface area contributed by atoms with Crippen molar-refractivity contribution in [3.63, 3.8) is 0 Å². The minimum atomic E-state index is -2.48.